The molecule has 2 aromatic rings. The molecule has 2 amide bonds. The first-order valence-corrected chi connectivity index (χ1v) is 8.90. The summed E-state index contributed by atoms with van der Waals surface area (Å²) >= 11 is 0. The maximum absolute atomic E-state index is 13.8. The van der Waals surface area contributed by atoms with Crippen molar-refractivity contribution in [1.29, 1.82) is 0 Å². The zero-order valence-electron chi connectivity index (χ0n) is 15.0. The van der Waals surface area contributed by atoms with Gasteiger partial charge in [-0.15, -0.1) is 0 Å². The molecule has 0 saturated carbocycles. The summed E-state index contributed by atoms with van der Waals surface area (Å²) < 4.78 is 19.7. The first-order valence-electron chi connectivity index (χ1n) is 8.90. The Kier molecular flexibility index (Phi) is 4.53. The number of rotatable bonds is 3. The van der Waals surface area contributed by atoms with E-state index in [9.17, 15) is 9.18 Å². The van der Waals surface area contributed by atoms with Gasteiger partial charge in [-0.2, -0.15) is 5.10 Å². The maximum Gasteiger partial charge on any atom is 0.340 e. The first-order chi connectivity index (χ1) is 13.1. The molecule has 6 nitrogen and oxygen atoms in total. The molecule has 0 radical (unpaired) electrons. The van der Waals surface area contributed by atoms with Gasteiger partial charge in [-0.25, -0.2) is 14.2 Å². The van der Waals surface area contributed by atoms with Crippen LogP contribution in [-0.2, 0) is 0 Å². The van der Waals surface area contributed by atoms with E-state index >= 15 is 0 Å². The number of benzene rings is 2. The van der Waals surface area contributed by atoms with Crippen molar-refractivity contribution in [2.45, 2.75) is 6.04 Å². The van der Waals surface area contributed by atoms with Gasteiger partial charge in [0, 0.05) is 25.7 Å². The number of urea groups is 1. The Bertz CT molecular complexity index is 887. The fourth-order valence-corrected chi connectivity index (χ4v) is 3.65. The smallest absolute Gasteiger partial charge is 0.340 e. The second-order valence-electron chi connectivity index (χ2n) is 6.74. The molecule has 0 fully saturated rings. The molecular formula is C20H21FN4O2. The number of likely N-dealkylation sites (N-methyl/N-ethyl adjacent to an activating group) is 1. The second kappa shape index (κ2) is 7.00. The van der Waals surface area contributed by atoms with E-state index in [4.69, 9.17) is 10.5 Å². The average molecular weight is 368 g/mol. The quantitative estimate of drug-likeness (QED) is 0.905. The molecule has 0 spiro atoms. The predicted octanol–water partition coefficient (Wildman–Crippen LogP) is 2.61. The Balaban J connectivity index is 1.78. The molecule has 2 aliphatic rings. The van der Waals surface area contributed by atoms with Gasteiger partial charge in [0.25, 0.3) is 0 Å². The largest absolute Gasteiger partial charge is 0.492 e. The molecule has 2 N–H and O–H groups in total. The fourth-order valence-electron chi connectivity index (χ4n) is 3.65. The van der Waals surface area contributed by atoms with Crippen LogP contribution < -0.4 is 10.5 Å². The number of halogens is 1. The summed E-state index contributed by atoms with van der Waals surface area (Å²) in [6.45, 7) is 1.17. The molecule has 140 valence electrons. The lowest BCUT2D eigenvalue weighted by Gasteiger charge is -2.31. The molecule has 0 unspecified atom stereocenters. The number of hydrazone groups is 1. The van der Waals surface area contributed by atoms with Crippen molar-refractivity contribution < 1.29 is 13.9 Å². The van der Waals surface area contributed by atoms with Crippen molar-refractivity contribution in [1.82, 2.24) is 9.91 Å². The van der Waals surface area contributed by atoms with Crippen LogP contribution in [0.2, 0.25) is 0 Å². The Morgan fingerprint density at radius 1 is 1.33 bits per heavy atom. The van der Waals surface area contributed by atoms with E-state index in [1.807, 2.05) is 30.3 Å². The third-order valence-corrected chi connectivity index (χ3v) is 4.98. The maximum atomic E-state index is 13.8. The molecule has 0 bridgehead atoms. The van der Waals surface area contributed by atoms with E-state index < -0.39 is 0 Å². The van der Waals surface area contributed by atoms with Gasteiger partial charge in [-0.3, -0.25) is 0 Å². The van der Waals surface area contributed by atoms with Crippen molar-refractivity contribution in [2.75, 3.05) is 26.7 Å². The highest BCUT2D eigenvalue weighted by Crippen LogP contribution is 2.42. The number of nitrogens with zero attached hydrogens (tertiary/aromatic N) is 3. The van der Waals surface area contributed by atoms with Crippen molar-refractivity contribution in [2.24, 2.45) is 16.8 Å². The molecule has 2 aromatic carbocycles. The van der Waals surface area contributed by atoms with Crippen LogP contribution in [0.25, 0.3) is 0 Å². The van der Waals surface area contributed by atoms with Crippen LogP contribution >= 0.6 is 0 Å². The zero-order valence-corrected chi connectivity index (χ0v) is 15.0. The molecule has 7 heteroatoms. The van der Waals surface area contributed by atoms with Gasteiger partial charge in [-0.1, -0.05) is 30.3 Å². The van der Waals surface area contributed by atoms with Crippen LogP contribution in [-0.4, -0.2) is 48.4 Å². The van der Waals surface area contributed by atoms with Crippen molar-refractivity contribution in [3.05, 3.63) is 65.5 Å². The first kappa shape index (κ1) is 17.5. The third-order valence-electron chi connectivity index (χ3n) is 4.98. The summed E-state index contributed by atoms with van der Waals surface area (Å²) in [6, 6.07) is 13.5. The minimum Gasteiger partial charge on any atom is -0.492 e. The number of carbonyl (C=O) groups is 1. The van der Waals surface area contributed by atoms with Crippen LogP contribution in [0.1, 0.15) is 17.2 Å². The van der Waals surface area contributed by atoms with Crippen LogP contribution in [0, 0.1) is 11.7 Å². The number of carbonyl (C=O) groups excluding carboxylic acids is 1. The highest BCUT2D eigenvalue weighted by molar-refractivity contribution is 6.07. The number of fused-ring (bicyclic) bond motifs is 3. The third kappa shape index (κ3) is 3.04. The van der Waals surface area contributed by atoms with E-state index in [1.165, 1.54) is 17.1 Å². The molecule has 2 heterocycles. The summed E-state index contributed by atoms with van der Waals surface area (Å²) in [5.74, 6) is 0.0572. The van der Waals surface area contributed by atoms with Gasteiger partial charge < -0.3 is 15.4 Å². The van der Waals surface area contributed by atoms with Crippen LogP contribution in [0.3, 0.4) is 0 Å². The normalized spacial score (nSPS) is 20.4. The van der Waals surface area contributed by atoms with E-state index in [0.717, 1.165) is 5.56 Å². The minimum atomic E-state index is -0.359. The predicted molar refractivity (Wildman–Crippen MR) is 100 cm³/mol. The summed E-state index contributed by atoms with van der Waals surface area (Å²) in [4.78, 5) is 14.6. The molecule has 0 saturated heterocycles. The van der Waals surface area contributed by atoms with Crippen molar-refractivity contribution >= 4 is 11.7 Å². The topological polar surface area (TPSA) is 71.2 Å². The van der Waals surface area contributed by atoms with E-state index in [0.29, 0.717) is 36.7 Å². The van der Waals surface area contributed by atoms with Gasteiger partial charge in [0.15, 0.2) is 0 Å². The number of hydrogen-bond acceptors (Lipinski definition) is 4. The highest BCUT2D eigenvalue weighted by Gasteiger charge is 2.45. The van der Waals surface area contributed by atoms with Crippen molar-refractivity contribution in [3.8, 4) is 5.75 Å². The van der Waals surface area contributed by atoms with E-state index in [1.54, 1.807) is 18.0 Å². The number of ether oxygens (including phenoxy) is 1. The number of nitrogens with two attached hydrogens (primary N) is 1. The van der Waals surface area contributed by atoms with E-state index in [2.05, 4.69) is 5.10 Å². The summed E-state index contributed by atoms with van der Waals surface area (Å²) in [5, 5.41) is 6.11. The number of hydrogen-bond donors (Lipinski definition) is 1. The molecule has 2 aliphatic heterocycles. The molecular weight excluding hydrogens is 347 g/mol. The molecule has 0 aliphatic carbocycles. The number of amides is 2. The summed E-state index contributed by atoms with van der Waals surface area (Å²) in [7, 11) is 1.70. The molecule has 2 atom stereocenters. The standard InChI is InChI=1S/C20H21FN4O2/c1-24(10-9-22)20(26)25-19(13-5-3-2-4-6-13)16-12-27-17-8-7-14(21)11-15(17)18(16)23-25/h2-8,11,16,19H,9-10,12,22H2,1H3/t16-,19-/m1/s1. The van der Waals surface area contributed by atoms with Crippen molar-refractivity contribution in [3.63, 3.8) is 0 Å². The minimum absolute atomic E-state index is 0.170. The zero-order chi connectivity index (χ0) is 19.0. The Morgan fingerprint density at radius 2 is 2.11 bits per heavy atom. The highest BCUT2D eigenvalue weighted by atomic mass is 19.1. The lowest BCUT2D eigenvalue weighted by molar-refractivity contribution is 0.134. The van der Waals surface area contributed by atoms with Gasteiger partial charge in [0.05, 0.1) is 24.3 Å². The Morgan fingerprint density at radius 3 is 2.85 bits per heavy atom. The molecule has 4 rings (SSSR count). The average Bonchev–Trinajstić information content (AvgIpc) is 3.08. The lowest BCUT2D eigenvalue weighted by Crippen LogP contribution is -2.42. The lowest BCUT2D eigenvalue weighted by atomic mass is 9.86. The summed E-state index contributed by atoms with van der Waals surface area (Å²) in [6.07, 6.45) is 0. The fraction of sp³-hybridized carbons (Fsp3) is 0.300. The Hall–Kier alpha value is -2.93. The molecule has 0 aromatic heterocycles. The van der Waals surface area contributed by atoms with E-state index in [-0.39, 0.29) is 23.8 Å². The SMILES string of the molecule is CN(CCN)C(=O)N1N=C2c3cc(F)ccc3OC[C@H]2[C@H]1c1ccccc1. The van der Waals surface area contributed by atoms with Crippen LogP contribution in [0.4, 0.5) is 9.18 Å². The van der Waals surface area contributed by atoms with Gasteiger partial charge in [0.2, 0.25) is 0 Å². The van der Waals surface area contributed by atoms with Gasteiger partial charge >= 0.3 is 6.03 Å². The van der Waals surface area contributed by atoms with Crippen LogP contribution in [0.15, 0.2) is 53.6 Å². The monoisotopic (exact) mass is 368 g/mol. The van der Waals surface area contributed by atoms with Gasteiger partial charge in [0.1, 0.15) is 11.6 Å². The summed E-state index contributed by atoms with van der Waals surface area (Å²) in [5.41, 5.74) is 7.84. The molecule has 27 heavy (non-hydrogen) atoms. The van der Waals surface area contributed by atoms with Crippen LogP contribution in [0.5, 0.6) is 5.75 Å². The van der Waals surface area contributed by atoms with Gasteiger partial charge in [-0.05, 0) is 23.8 Å². The second-order valence-corrected chi connectivity index (χ2v) is 6.74. The Labute approximate surface area is 157 Å².